The van der Waals surface area contributed by atoms with Crippen molar-refractivity contribution in [2.75, 3.05) is 0 Å². The number of carbonyl (C=O) groups is 1. The Morgan fingerprint density at radius 1 is 1.42 bits per heavy atom. The van der Waals surface area contributed by atoms with Crippen LogP contribution in [0, 0.1) is 35.5 Å². The van der Waals surface area contributed by atoms with Gasteiger partial charge in [0.25, 0.3) is 0 Å². The highest BCUT2D eigenvalue weighted by atomic mass is 16.4. The molecule has 5 aliphatic rings. The zero-order chi connectivity index (χ0) is 8.03. The van der Waals surface area contributed by atoms with E-state index in [4.69, 9.17) is 5.11 Å². The van der Waals surface area contributed by atoms with Gasteiger partial charge in [0.2, 0.25) is 0 Å². The summed E-state index contributed by atoms with van der Waals surface area (Å²) in [6.45, 7) is 0. The molecule has 4 fully saturated rings. The first-order chi connectivity index (χ1) is 5.79. The first kappa shape index (κ1) is 5.79. The smallest absolute Gasteiger partial charge is 0.331 e. The van der Waals surface area contributed by atoms with Gasteiger partial charge in [-0.1, -0.05) is 6.08 Å². The minimum atomic E-state index is -0.654. The van der Waals surface area contributed by atoms with Gasteiger partial charge in [0.15, 0.2) is 0 Å². The van der Waals surface area contributed by atoms with Crippen LogP contribution in [-0.4, -0.2) is 11.1 Å². The van der Waals surface area contributed by atoms with Gasteiger partial charge in [0, 0.05) is 5.57 Å². The highest BCUT2D eigenvalue weighted by Gasteiger charge is 2.76. The van der Waals surface area contributed by atoms with Gasteiger partial charge in [-0.3, -0.25) is 0 Å². The van der Waals surface area contributed by atoms with E-state index in [0.29, 0.717) is 11.8 Å². The Morgan fingerprint density at radius 3 is 2.75 bits per heavy atom. The van der Waals surface area contributed by atoms with E-state index in [9.17, 15) is 4.79 Å². The lowest BCUT2D eigenvalue weighted by Crippen LogP contribution is -2.12. The van der Waals surface area contributed by atoms with Crippen molar-refractivity contribution in [2.24, 2.45) is 35.5 Å². The Balaban J connectivity index is 1.87. The second kappa shape index (κ2) is 1.36. The highest BCUT2D eigenvalue weighted by molar-refractivity contribution is 5.89. The first-order valence-electron chi connectivity index (χ1n) is 4.74. The third kappa shape index (κ3) is 0.366. The number of hydrogen-bond donors (Lipinski definition) is 1. The predicted octanol–water partition coefficient (Wildman–Crippen LogP) is 1.14. The normalized spacial score (nSPS) is 62.2. The summed E-state index contributed by atoms with van der Waals surface area (Å²) in [6.07, 6.45) is 3.39. The molecule has 0 radical (unpaired) electrons. The van der Waals surface area contributed by atoms with Crippen LogP contribution in [0.25, 0.3) is 0 Å². The summed E-state index contributed by atoms with van der Waals surface area (Å²) in [6, 6.07) is 0. The molecule has 0 aromatic rings. The van der Waals surface area contributed by atoms with E-state index in [-0.39, 0.29) is 0 Å². The van der Waals surface area contributed by atoms with E-state index in [0.717, 1.165) is 29.2 Å². The van der Waals surface area contributed by atoms with Crippen molar-refractivity contribution in [3.63, 3.8) is 0 Å². The highest BCUT2D eigenvalue weighted by Crippen LogP contribution is 2.80. The lowest BCUT2D eigenvalue weighted by atomic mass is 9.95. The van der Waals surface area contributed by atoms with Crippen molar-refractivity contribution in [3.05, 3.63) is 11.6 Å². The monoisotopic (exact) mass is 162 g/mol. The van der Waals surface area contributed by atoms with Crippen LogP contribution in [0.1, 0.15) is 6.42 Å². The second-order valence-corrected chi connectivity index (χ2v) is 4.75. The van der Waals surface area contributed by atoms with E-state index in [1.54, 1.807) is 0 Å². The van der Waals surface area contributed by atoms with Gasteiger partial charge in [-0.15, -0.1) is 0 Å². The molecule has 0 aromatic carbocycles. The molecule has 1 N–H and O–H groups in total. The van der Waals surface area contributed by atoms with E-state index in [1.165, 1.54) is 6.42 Å². The van der Waals surface area contributed by atoms with E-state index >= 15 is 0 Å². The van der Waals surface area contributed by atoms with Crippen molar-refractivity contribution >= 4 is 5.97 Å². The summed E-state index contributed by atoms with van der Waals surface area (Å²) in [7, 11) is 0. The van der Waals surface area contributed by atoms with E-state index < -0.39 is 5.97 Å². The maximum atomic E-state index is 10.9. The third-order valence-corrected chi connectivity index (χ3v) is 4.63. The molecule has 12 heavy (non-hydrogen) atoms. The van der Waals surface area contributed by atoms with Gasteiger partial charge < -0.3 is 5.11 Å². The third-order valence-electron chi connectivity index (χ3n) is 4.63. The predicted molar refractivity (Wildman–Crippen MR) is 41.3 cm³/mol. The van der Waals surface area contributed by atoms with Crippen LogP contribution < -0.4 is 0 Å². The second-order valence-electron chi connectivity index (χ2n) is 4.75. The fraction of sp³-hybridized carbons (Fsp3) is 0.700. The van der Waals surface area contributed by atoms with E-state index in [1.807, 2.05) is 0 Å². The number of hydrogen-bond acceptors (Lipinski definition) is 1. The molecule has 4 saturated carbocycles. The van der Waals surface area contributed by atoms with Gasteiger partial charge >= 0.3 is 5.97 Å². The molecule has 0 spiro atoms. The molecule has 2 nitrogen and oxygen atoms in total. The molecule has 5 rings (SSSR count). The Labute approximate surface area is 70.3 Å². The summed E-state index contributed by atoms with van der Waals surface area (Å²) < 4.78 is 0. The van der Waals surface area contributed by atoms with Crippen LogP contribution in [0.15, 0.2) is 11.6 Å². The number of carboxylic acids is 1. The summed E-state index contributed by atoms with van der Waals surface area (Å²) >= 11 is 0. The van der Waals surface area contributed by atoms with Crippen molar-refractivity contribution in [1.29, 1.82) is 0 Å². The van der Waals surface area contributed by atoms with Crippen molar-refractivity contribution in [2.45, 2.75) is 6.42 Å². The molecule has 62 valence electrons. The van der Waals surface area contributed by atoms with Crippen LogP contribution >= 0.6 is 0 Å². The Morgan fingerprint density at radius 2 is 2.25 bits per heavy atom. The average molecular weight is 162 g/mol. The molecule has 0 saturated heterocycles. The number of allylic oxidation sites excluding steroid dienone is 1. The standard InChI is InChI=1S/C10H10O2/c11-10(12)6-2-4-3-1-5-7(4)9(5)8(3)6/h2-5,7-9H,1H2,(H,11,12). The van der Waals surface area contributed by atoms with Gasteiger partial charge in [-0.25, -0.2) is 4.79 Å². The molecule has 0 heterocycles. The SMILES string of the molecule is O=C(O)C1=CC2C3CC4C2C4C13. The quantitative estimate of drug-likeness (QED) is 0.627. The number of aliphatic carboxylic acids is 1. The van der Waals surface area contributed by atoms with Crippen LogP contribution in [0.3, 0.4) is 0 Å². The molecule has 6 atom stereocenters. The summed E-state index contributed by atoms with van der Waals surface area (Å²) in [5.74, 6) is 3.89. The minimum absolute atomic E-state index is 0.475. The van der Waals surface area contributed by atoms with Gasteiger partial charge in [-0.05, 0) is 41.9 Å². The first-order valence-corrected chi connectivity index (χ1v) is 4.74. The molecular formula is C10H10O2. The summed E-state index contributed by atoms with van der Waals surface area (Å²) in [4.78, 5) is 10.9. The number of carboxylic acid groups (broad SMARTS) is 1. The topological polar surface area (TPSA) is 37.3 Å². The molecule has 0 aliphatic heterocycles. The Kier molecular flexibility index (Phi) is 0.657. The Hall–Kier alpha value is -0.790. The average Bonchev–Trinajstić information content (AvgIpc) is 2.45. The Bertz CT molecular complexity index is 331. The molecule has 6 unspecified atom stereocenters. The lowest BCUT2D eigenvalue weighted by molar-refractivity contribution is -0.133. The zero-order valence-electron chi connectivity index (χ0n) is 6.60. The van der Waals surface area contributed by atoms with Crippen LogP contribution in [0.5, 0.6) is 0 Å². The fourth-order valence-electron chi connectivity index (χ4n) is 4.42. The summed E-state index contributed by atoms with van der Waals surface area (Å²) in [5.41, 5.74) is 0.756. The van der Waals surface area contributed by atoms with Crippen LogP contribution in [0.2, 0.25) is 0 Å². The van der Waals surface area contributed by atoms with Crippen LogP contribution in [0.4, 0.5) is 0 Å². The summed E-state index contributed by atoms with van der Waals surface area (Å²) in [5, 5.41) is 8.94. The molecule has 6 bridgehead atoms. The molecular weight excluding hydrogens is 152 g/mol. The minimum Gasteiger partial charge on any atom is -0.478 e. The zero-order valence-corrected chi connectivity index (χ0v) is 6.60. The van der Waals surface area contributed by atoms with E-state index in [2.05, 4.69) is 6.08 Å². The van der Waals surface area contributed by atoms with Crippen molar-refractivity contribution in [3.8, 4) is 0 Å². The fourth-order valence-corrected chi connectivity index (χ4v) is 4.42. The van der Waals surface area contributed by atoms with Gasteiger partial charge in [-0.2, -0.15) is 0 Å². The van der Waals surface area contributed by atoms with Crippen LogP contribution in [-0.2, 0) is 4.79 Å². The lowest BCUT2D eigenvalue weighted by Gasteiger charge is -2.09. The van der Waals surface area contributed by atoms with Crippen molar-refractivity contribution in [1.82, 2.24) is 0 Å². The number of rotatable bonds is 1. The molecule has 0 aromatic heterocycles. The van der Waals surface area contributed by atoms with Gasteiger partial charge in [0.05, 0.1) is 0 Å². The molecule has 5 aliphatic carbocycles. The maximum absolute atomic E-state index is 10.9. The molecule has 2 heteroatoms. The van der Waals surface area contributed by atoms with Gasteiger partial charge in [0.1, 0.15) is 0 Å². The molecule has 0 amide bonds. The largest absolute Gasteiger partial charge is 0.478 e. The van der Waals surface area contributed by atoms with Crippen molar-refractivity contribution < 1.29 is 9.90 Å². The maximum Gasteiger partial charge on any atom is 0.331 e.